The molecule has 6 nitrogen and oxygen atoms in total. The van der Waals surface area contributed by atoms with Crippen LogP contribution in [0.1, 0.15) is 40.8 Å². The number of hydrogen-bond acceptors (Lipinski definition) is 4. The molecule has 0 spiro atoms. The fourth-order valence-corrected chi connectivity index (χ4v) is 2.82. The molecule has 0 bridgehead atoms. The number of pyridine rings is 1. The van der Waals surface area contributed by atoms with Crippen LogP contribution in [0.2, 0.25) is 0 Å². The summed E-state index contributed by atoms with van der Waals surface area (Å²) in [6.45, 7) is 1.10. The van der Waals surface area contributed by atoms with Crippen LogP contribution in [0.25, 0.3) is 0 Å². The van der Waals surface area contributed by atoms with E-state index in [1.807, 2.05) is 4.90 Å². The molecule has 24 heavy (non-hydrogen) atoms. The molecule has 2 aromatic heterocycles. The van der Waals surface area contributed by atoms with Gasteiger partial charge in [0.1, 0.15) is 17.3 Å². The Morgan fingerprint density at radius 1 is 1.38 bits per heavy atom. The van der Waals surface area contributed by atoms with E-state index in [1.165, 1.54) is 6.07 Å². The van der Waals surface area contributed by atoms with Gasteiger partial charge in [-0.15, -0.1) is 0 Å². The van der Waals surface area contributed by atoms with Gasteiger partial charge in [0.2, 0.25) is 0 Å². The number of anilines is 1. The summed E-state index contributed by atoms with van der Waals surface area (Å²) in [7, 11) is 0. The van der Waals surface area contributed by atoms with Crippen molar-refractivity contribution in [3.63, 3.8) is 0 Å². The summed E-state index contributed by atoms with van der Waals surface area (Å²) in [6.07, 6.45) is -2.18. The number of imidazole rings is 1. The first-order valence-electron chi connectivity index (χ1n) is 7.42. The van der Waals surface area contributed by atoms with Crippen LogP contribution in [0, 0.1) is 0 Å². The van der Waals surface area contributed by atoms with Gasteiger partial charge in [0.15, 0.2) is 5.69 Å². The van der Waals surface area contributed by atoms with E-state index in [2.05, 4.69) is 15.0 Å². The summed E-state index contributed by atoms with van der Waals surface area (Å²) in [6, 6.07) is 4.69. The second-order valence-corrected chi connectivity index (χ2v) is 5.65. The van der Waals surface area contributed by atoms with E-state index >= 15 is 0 Å². The van der Waals surface area contributed by atoms with Gasteiger partial charge in [-0.2, -0.15) is 13.2 Å². The third-order valence-corrected chi connectivity index (χ3v) is 3.99. The quantitative estimate of drug-likeness (QED) is 0.898. The number of carboxylic acid groups (broad SMARTS) is 1. The highest BCUT2D eigenvalue weighted by Crippen LogP contribution is 2.31. The maximum atomic E-state index is 12.7. The van der Waals surface area contributed by atoms with E-state index in [1.54, 1.807) is 12.1 Å². The number of nitrogens with one attached hydrogen (secondary N) is 1. The van der Waals surface area contributed by atoms with Gasteiger partial charge in [-0.05, 0) is 25.0 Å². The lowest BCUT2D eigenvalue weighted by Crippen LogP contribution is -2.35. The van der Waals surface area contributed by atoms with E-state index in [0.29, 0.717) is 31.2 Å². The molecule has 1 unspecified atom stereocenters. The van der Waals surface area contributed by atoms with Crippen molar-refractivity contribution in [1.29, 1.82) is 0 Å². The van der Waals surface area contributed by atoms with Crippen molar-refractivity contribution in [3.05, 3.63) is 41.6 Å². The van der Waals surface area contributed by atoms with E-state index in [9.17, 15) is 18.0 Å². The molecule has 2 aromatic rings. The average molecular weight is 340 g/mol. The molecule has 1 aliphatic heterocycles. The number of carbonyl (C=O) groups is 1. The van der Waals surface area contributed by atoms with Crippen LogP contribution in [0.4, 0.5) is 19.0 Å². The Bertz CT molecular complexity index is 744. The Hall–Kier alpha value is -2.58. The van der Waals surface area contributed by atoms with Gasteiger partial charge in [0, 0.05) is 19.0 Å². The van der Waals surface area contributed by atoms with Gasteiger partial charge in [-0.25, -0.2) is 14.8 Å². The van der Waals surface area contributed by atoms with Gasteiger partial charge >= 0.3 is 12.1 Å². The predicted octanol–water partition coefficient (Wildman–Crippen LogP) is 2.91. The Morgan fingerprint density at radius 3 is 2.83 bits per heavy atom. The largest absolute Gasteiger partial charge is 0.477 e. The summed E-state index contributed by atoms with van der Waals surface area (Å²) in [5, 5.41) is 9.01. The highest BCUT2D eigenvalue weighted by Gasteiger charge is 2.34. The average Bonchev–Trinajstić information content (AvgIpc) is 3.05. The summed E-state index contributed by atoms with van der Waals surface area (Å²) >= 11 is 0. The standard InChI is InChI=1S/C15H15F3N4O2/c16-15(17,18)11-7-19-13(21-11)9-3-2-6-22(8-9)12-5-1-4-10(20-12)14(23)24/h1,4-5,7,9H,2-3,6,8H2,(H,19,21)(H,23,24). The maximum Gasteiger partial charge on any atom is 0.432 e. The van der Waals surface area contributed by atoms with Crippen molar-refractivity contribution in [2.24, 2.45) is 0 Å². The SMILES string of the molecule is O=C(O)c1cccc(N2CCCC(c3ncc(C(F)(F)F)[nH]3)C2)n1. The number of rotatable bonds is 3. The molecule has 3 rings (SSSR count). The van der Waals surface area contributed by atoms with Crippen molar-refractivity contribution in [1.82, 2.24) is 15.0 Å². The number of H-pyrrole nitrogens is 1. The van der Waals surface area contributed by atoms with Gasteiger partial charge in [0.05, 0.1) is 6.20 Å². The van der Waals surface area contributed by atoms with E-state index in [4.69, 9.17) is 5.11 Å². The fourth-order valence-electron chi connectivity index (χ4n) is 2.82. The Labute approximate surface area is 135 Å². The molecule has 3 heterocycles. The molecule has 0 aromatic carbocycles. The number of nitrogens with zero attached hydrogens (tertiary/aromatic N) is 3. The zero-order chi connectivity index (χ0) is 17.3. The van der Waals surface area contributed by atoms with Crippen molar-refractivity contribution >= 4 is 11.8 Å². The summed E-state index contributed by atoms with van der Waals surface area (Å²) in [5.74, 6) is -0.514. The van der Waals surface area contributed by atoms with Gasteiger partial charge < -0.3 is 15.0 Å². The second-order valence-electron chi connectivity index (χ2n) is 5.65. The summed E-state index contributed by atoms with van der Waals surface area (Å²) in [5.41, 5.74) is -0.924. The number of aromatic amines is 1. The Balaban J connectivity index is 1.78. The molecule has 2 N–H and O–H groups in total. The molecule has 128 valence electrons. The number of aromatic carboxylic acids is 1. The molecule has 1 fully saturated rings. The van der Waals surface area contributed by atoms with Crippen LogP contribution in [0.15, 0.2) is 24.4 Å². The van der Waals surface area contributed by atoms with Crippen LogP contribution in [0.3, 0.4) is 0 Å². The first kappa shape index (κ1) is 16.3. The molecule has 9 heteroatoms. The van der Waals surface area contributed by atoms with E-state index in [0.717, 1.165) is 12.6 Å². The van der Waals surface area contributed by atoms with Crippen molar-refractivity contribution in [3.8, 4) is 0 Å². The molecule has 0 aliphatic carbocycles. The molecule has 0 saturated carbocycles. The minimum Gasteiger partial charge on any atom is -0.477 e. The molecule has 0 radical (unpaired) electrons. The first-order valence-corrected chi connectivity index (χ1v) is 7.42. The third-order valence-electron chi connectivity index (χ3n) is 3.99. The number of halogens is 3. The molecule has 0 amide bonds. The second kappa shape index (κ2) is 6.14. The number of alkyl halides is 3. The maximum absolute atomic E-state index is 12.7. The van der Waals surface area contributed by atoms with Crippen molar-refractivity contribution in [2.75, 3.05) is 18.0 Å². The highest BCUT2D eigenvalue weighted by atomic mass is 19.4. The lowest BCUT2D eigenvalue weighted by Gasteiger charge is -2.32. The number of aromatic nitrogens is 3. The zero-order valence-electron chi connectivity index (χ0n) is 12.5. The molecular weight excluding hydrogens is 325 g/mol. The normalized spacial score (nSPS) is 18.6. The lowest BCUT2D eigenvalue weighted by molar-refractivity contribution is -0.141. The summed E-state index contributed by atoms with van der Waals surface area (Å²) in [4.78, 5) is 23.2. The minimum absolute atomic E-state index is 0.0630. The van der Waals surface area contributed by atoms with Crippen LogP contribution >= 0.6 is 0 Å². The summed E-state index contributed by atoms with van der Waals surface area (Å²) < 4.78 is 38.0. The monoisotopic (exact) mass is 340 g/mol. The number of hydrogen-bond donors (Lipinski definition) is 2. The van der Waals surface area contributed by atoms with Crippen LogP contribution in [-0.2, 0) is 6.18 Å². The number of piperidine rings is 1. The topological polar surface area (TPSA) is 82.1 Å². The Kier molecular flexibility index (Phi) is 4.16. The van der Waals surface area contributed by atoms with Gasteiger partial charge in [-0.1, -0.05) is 6.07 Å². The van der Waals surface area contributed by atoms with Gasteiger partial charge in [-0.3, -0.25) is 0 Å². The van der Waals surface area contributed by atoms with Crippen LogP contribution in [0.5, 0.6) is 0 Å². The minimum atomic E-state index is -4.45. The number of carboxylic acids is 1. The highest BCUT2D eigenvalue weighted by molar-refractivity contribution is 5.85. The van der Waals surface area contributed by atoms with Crippen molar-refractivity contribution in [2.45, 2.75) is 24.9 Å². The van der Waals surface area contributed by atoms with Crippen LogP contribution < -0.4 is 4.90 Å². The lowest BCUT2D eigenvalue weighted by atomic mass is 9.97. The zero-order valence-corrected chi connectivity index (χ0v) is 12.5. The molecule has 1 atom stereocenters. The molecule has 1 aliphatic rings. The van der Waals surface area contributed by atoms with Gasteiger partial charge in [0.25, 0.3) is 0 Å². The van der Waals surface area contributed by atoms with E-state index in [-0.39, 0.29) is 11.6 Å². The molecule has 1 saturated heterocycles. The third kappa shape index (κ3) is 3.34. The van der Waals surface area contributed by atoms with Crippen LogP contribution in [-0.4, -0.2) is 39.1 Å². The van der Waals surface area contributed by atoms with Crippen molar-refractivity contribution < 1.29 is 23.1 Å². The first-order chi connectivity index (χ1) is 11.3. The molecular formula is C15H15F3N4O2. The predicted molar refractivity (Wildman–Crippen MR) is 79.0 cm³/mol. The fraction of sp³-hybridized carbons (Fsp3) is 0.400. The van der Waals surface area contributed by atoms with E-state index < -0.39 is 17.8 Å². The Morgan fingerprint density at radius 2 is 2.17 bits per heavy atom. The smallest absolute Gasteiger partial charge is 0.432 e.